The Bertz CT molecular complexity index is 808. The SMILES string of the molecule is C=Cc1cc(C=O)c(-c2ccc(C(=O)NCC3CC3)nc2)cc1OC. The van der Waals surface area contributed by atoms with Gasteiger partial charge in [0, 0.05) is 29.4 Å². The largest absolute Gasteiger partial charge is 0.496 e. The molecule has 5 nitrogen and oxygen atoms in total. The fourth-order valence-corrected chi connectivity index (χ4v) is 2.64. The number of pyridine rings is 1. The van der Waals surface area contributed by atoms with Crippen LogP contribution in [0, 0.1) is 5.92 Å². The molecule has 1 aliphatic rings. The van der Waals surface area contributed by atoms with Crippen LogP contribution in [0.15, 0.2) is 37.0 Å². The minimum atomic E-state index is -0.173. The number of hydrogen-bond acceptors (Lipinski definition) is 4. The standard InChI is InChI=1S/C20H20N2O3/c1-3-14-8-16(12-23)17(9-19(14)25-2)15-6-7-18(21-11-15)20(24)22-10-13-4-5-13/h3,6-9,11-13H,1,4-5,10H2,2H3,(H,22,24). The van der Waals surface area contributed by atoms with E-state index >= 15 is 0 Å². The van der Waals surface area contributed by atoms with Crippen molar-refractivity contribution in [2.24, 2.45) is 5.92 Å². The maximum atomic E-state index is 12.1. The maximum absolute atomic E-state index is 12.1. The average molecular weight is 336 g/mol. The van der Waals surface area contributed by atoms with Gasteiger partial charge in [0.25, 0.3) is 5.91 Å². The van der Waals surface area contributed by atoms with Gasteiger partial charge < -0.3 is 10.1 Å². The smallest absolute Gasteiger partial charge is 0.269 e. The van der Waals surface area contributed by atoms with E-state index in [1.807, 2.05) is 0 Å². The lowest BCUT2D eigenvalue weighted by Crippen LogP contribution is -2.26. The first kappa shape index (κ1) is 16.9. The highest BCUT2D eigenvalue weighted by Gasteiger charge is 2.22. The van der Waals surface area contributed by atoms with Crippen LogP contribution in [0.2, 0.25) is 0 Å². The summed E-state index contributed by atoms with van der Waals surface area (Å²) in [5.74, 6) is 1.07. The summed E-state index contributed by atoms with van der Waals surface area (Å²) in [6.45, 7) is 4.44. The zero-order valence-electron chi connectivity index (χ0n) is 14.1. The number of nitrogens with zero attached hydrogens (tertiary/aromatic N) is 1. The molecular weight excluding hydrogens is 316 g/mol. The van der Waals surface area contributed by atoms with Crippen LogP contribution >= 0.6 is 0 Å². The van der Waals surface area contributed by atoms with Gasteiger partial charge >= 0.3 is 0 Å². The van der Waals surface area contributed by atoms with E-state index in [1.54, 1.807) is 43.6 Å². The van der Waals surface area contributed by atoms with Crippen LogP contribution in [0.25, 0.3) is 17.2 Å². The maximum Gasteiger partial charge on any atom is 0.269 e. The van der Waals surface area contributed by atoms with Crippen LogP contribution in [0.1, 0.15) is 39.3 Å². The first-order valence-corrected chi connectivity index (χ1v) is 8.20. The van der Waals surface area contributed by atoms with Gasteiger partial charge in [-0.3, -0.25) is 14.6 Å². The molecule has 0 radical (unpaired) electrons. The van der Waals surface area contributed by atoms with E-state index in [-0.39, 0.29) is 5.91 Å². The molecular formula is C20H20N2O3. The van der Waals surface area contributed by atoms with Gasteiger partial charge in [-0.25, -0.2) is 0 Å². The molecule has 0 aliphatic heterocycles. The number of carbonyl (C=O) groups is 2. The van der Waals surface area contributed by atoms with Crippen molar-refractivity contribution in [3.05, 3.63) is 53.9 Å². The second-order valence-electron chi connectivity index (χ2n) is 6.09. The number of rotatable bonds is 7. The Balaban J connectivity index is 1.87. The molecule has 1 aromatic heterocycles. The summed E-state index contributed by atoms with van der Waals surface area (Å²) in [7, 11) is 1.57. The molecule has 1 aliphatic carbocycles. The first-order chi connectivity index (χ1) is 12.2. The lowest BCUT2D eigenvalue weighted by molar-refractivity contribution is 0.0946. The average Bonchev–Trinajstić information content (AvgIpc) is 3.49. The van der Waals surface area contributed by atoms with Crippen LogP contribution in [-0.4, -0.2) is 30.8 Å². The summed E-state index contributed by atoms with van der Waals surface area (Å²) in [5.41, 5.74) is 3.08. The van der Waals surface area contributed by atoms with Gasteiger partial charge in [0.15, 0.2) is 6.29 Å². The Morgan fingerprint density at radius 1 is 1.36 bits per heavy atom. The van der Waals surface area contributed by atoms with E-state index in [0.29, 0.717) is 35.0 Å². The number of carbonyl (C=O) groups excluding carboxylic acids is 2. The molecule has 2 aromatic rings. The predicted octanol–water partition coefficient (Wildman–Crippen LogP) is 3.35. The second-order valence-corrected chi connectivity index (χ2v) is 6.09. The minimum absolute atomic E-state index is 0.173. The number of amides is 1. The molecule has 1 aromatic carbocycles. The normalized spacial score (nSPS) is 13.2. The van der Waals surface area contributed by atoms with Crippen molar-refractivity contribution in [3.63, 3.8) is 0 Å². The molecule has 0 unspecified atom stereocenters. The number of aldehydes is 1. The van der Waals surface area contributed by atoms with E-state index < -0.39 is 0 Å². The lowest BCUT2D eigenvalue weighted by Gasteiger charge is -2.11. The second kappa shape index (κ2) is 7.30. The number of nitrogens with one attached hydrogen (secondary N) is 1. The summed E-state index contributed by atoms with van der Waals surface area (Å²) in [4.78, 5) is 27.7. The third-order valence-corrected chi connectivity index (χ3v) is 4.30. The number of aromatic nitrogens is 1. The molecule has 1 saturated carbocycles. The number of ether oxygens (including phenoxy) is 1. The highest BCUT2D eigenvalue weighted by atomic mass is 16.5. The van der Waals surface area contributed by atoms with Crippen LogP contribution in [0.5, 0.6) is 5.75 Å². The van der Waals surface area contributed by atoms with Gasteiger partial charge in [-0.2, -0.15) is 0 Å². The quantitative estimate of drug-likeness (QED) is 0.787. The number of methoxy groups -OCH3 is 1. The summed E-state index contributed by atoms with van der Waals surface area (Å²) in [6, 6.07) is 6.96. The summed E-state index contributed by atoms with van der Waals surface area (Å²) in [5, 5.41) is 2.89. The molecule has 5 heteroatoms. The third-order valence-electron chi connectivity index (χ3n) is 4.30. The van der Waals surface area contributed by atoms with Gasteiger partial charge in [0.2, 0.25) is 0 Å². The van der Waals surface area contributed by atoms with Crippen LogP contribution in [-0.2, 0) is 0 Å². The number of benzene rings is 1. The van der Waals surface area contributed by atoms with E-state index in [1.165, 1.54) is 12.8 Å². The molecule has 1 heterocycles. The zero-order valence-corrected chi connectivity index (χ0v) is 14.1. The van der Waals surface area contributed by atoms with E-state index in [9.17, 15) is 9.59 Å². The highest BCUT2D eigenvalue weighted by molar-refractivity contribution is 5.93. The van der Waals surface area contributed by atoms with Crippen LogP contribution in [0.3, 0.4) is 0 Å². The fraction of sp³-hybridized carbons (Fsp3) is 0.250. The minimum Gasteiger partial charge on any atom is -0.496 e. The molecule has 1 fully saturated rings. The van der Waals surface area contributed by atoms with Gasteiger partial charge in [0.1, 0.15) is 11.4 Å². The van der Waals surface area contributed by atoms with Crippen molar-refractivity contribution in [1.82, 2.24) is 10.3 Å². The summed E-state index contributed by atoms with van der Waals surface area (Å²) < 4.78 is 5.35. The van der Waals surface area contributed by atoms with Crippen molar-refractivity contribution in [2.45, 2.75) is 12.8 Å². The van der Waals surface area contributed by atoms with Gasteiger partial charge in [-0.05, 0) is 42.5 Å². The van der Waals surface area contributed by atoms with Gasteiger partial charge in [-0.1, -0.05) is 18.7 Å². The van der Waals surface area contributed by atoms with Gasteiger partial charge in [0.05, 0.1) is 7.11 Å². The molecule has 25 heavy (non-hydrogen) atoms. The Labute approximate surface area is 146 Å². The molecule has 0 atom stereocenters. The fourth-order valence-electron chi connectivity index (χ4n) is 2.64. The van der Waals surface area contributed by atoms with Crippen molar-refractivity contribution in [3.8, 4) is 16.9 Å². The molecule has 0 bridgehead atoms. The van der Waals surface area contributed by atoms with E-state index in [0.717, 1.165) is 17.4 Å². The molecule has 1 N–H and O–H groups in total. The van der Waals surface area contributed by atoms with E-state index in [2.05, 4.69) is 16.9 Å². The lowest BCUT2D eigenvalue weighted by atomic mass is 9.98. The highest BCUT2D eigenvalue weighted by Crippen LogP contribution is 2.31. The predicted molar refractivity (Wildman–Crippen MR) is 96.8 cm³/mol. The van der Waals surface area contributed by atoms with Gasteiger partial charge in [-0.15, -0.1) is 0 Å². The molecule has 0 spiro atoms. The first-order valence-electron chi connectivity index (χ1n) is 8.20. The molecule has 128 valence electrons. The van der Waals surface area contributed by atoms with Crippen molar-refractivity contribution >= 4 is 18.3 Å². The topological polar surface area (TPSA) is 68.3 Å². The monoisotopic (exact) mass is 336 g/mol. The Kier molecular flexibility index (Phi) is 4.93. The Morgan fingerprint density at radius 3 is 2.72 bits per heavy atom. The third kappa shape index (κ3) is 3.76. The van der Waals surface area contributed by atoms with Crippen molar-refractivity contribution in [2.75, 3.05) is 13.7 Å². The molecule has 3 rings (SSSR count). The Morgan fingerprint density at radius 2 is 2.16 bits per heavy atom. The number of hydrogen-bond donors (Lipinski definition) is 1. The zero-order chi connectivity index (χ0) is 17.8. The summed E-state index contributed by atoms with van der Waals surface area (Å²) in [6.07, 6.45) is 6.40. The van der Waals surface area contributed by atoms with Crippen LogP contribution in [0.4, 0.5) is 0 Å². The van der Waals surface area contributed by atoms with Crippen molar-refractivity contribution in [1.29, 1.82) is 0 Å². The molecule has 0 saturated heterocycles. The van der Waals surface area contributed by atoms with E-state index in [4.69, 9.17) is 4.74 Å². The molecule has 1 amide bonds. The summed E-state index contributed by atoms with van der Waals surface area (Å²) >= 11 is 0. The Hall–Kier alpha value is -2.95. The van der Waals surface area contributed by atoms with Crippen molar-refractivity contribution < 1.29 is 14.3 Å². The van der Waals surface area contributed by atoms with Crippen LogP contribution < -0.4 is 10.1 Å².